The number of halogens is 2. The van der Waals surface area contributed by atoms with Gasteiger partial charge in [-0.15, -0.1) is 0 Å². The fourth-order valence-corrected chi connectivity index (χ4v) is 2.14. The minimum absolute atomic E-state index is 0.276. The van der Waals surface area contributed by atoms with Gasteiger partial charge in [-0.1, -0.05) is 11.6 Å². The number of nitrogens with zero attached hydrogens (tertiary/aromatic N) is 2. The van der Waals surface area contributed by atoms with Crippen molar-refractivity contribution in [3.63, 3.8) is 0 Å². The molecule has 100 valence electrons. The lowest BCUT2D eigenvalue weighted by Gasteiger charge is -2.05. The Labute approximate surface area is 116 Å². The lowest BCUT2D eigenvalue weighted by Crippen LogP contribution is -2.16. The van der Waals surface area contributed by atoms with Crippen LogP contribution in [0.25, 0.3) is 0 Å². The highest BCUT2D eigenvalue weighted by Crippen LogP contribution is 2.20. The van der Waals surface area contributed by atoms with Crippen molar-refractivity contribution in [2.45, 2.75) is 32.0 Å². The van der Waals surface area contributed by atoms with Gasteiger partial charge in [0.15, 0.2) is 0 Å². The minimum Gasteiger partial charge on any atom is -0.308 e. The first kappa shape index (κ1) is 12.6. The van der Waals surface area contributed by atoms with Crippen molar-refractivity contribution in [2.75, 3.05) is 0 Å². The molecule has 0 saturated heterocycles. The van der Waals surface area contributed by atoms with Gasteiger partial charge in [-0.3, -0.25) is 4.68 Å². The van der Waals surface area contributed by atoms with E-state index >= 15 is 0 Å². The Hall–Kier alpha value is -1.39. The predicted molar refractivity (Wildman–Crippen MR) is 72.6 cm³/mol. The second kappa shape index (κ2) is 5.31. The smallest absolute Gasteiger partial charge is 0.123 e. The average molecular weight is 280 g/mol. The molecule has 3 nitrogen and oxygen atoms in total. The maximum Gasteiger partial charge on any atom is 0.123 e. The van der Waals surface area contributed by atoms with Crippen LogP contribution < -0.4 is 5.32 Å². The second-order valence-corrected chi connectivity index (χ2v) is 5.30. The number of rotatable bonds is 5. The lowest BCUT2D eigenvalue weighted by atomic mass is 10.2. The molecule has 3 rings (SSSR count). The quantitative estimate of drug-likeness (QED) is 0.912. The molecular weight excluding hydrogens is 265 g/mol. The summed E-state index contributed by atoms with van der Waals surface area (Å²) in [6, 6.07) is 7.03. The molecule has 1 aromatic carbocycles. The SMILES string of the molecule is Fc1ccc(Cl)c(Cn2ccc(CNC3CC3)n2)c1. The van der Waals surface area contributed by atoms with Crippen LogP contribution in [0.15, 0.2) is 30.5 Å². The summed E-state index contributed by atoms with van der Waals surface area (Å²) < 4.78 is 15.0. The van der Waals surface area contributed by atoms with E-state index in [0.717, 1.165) is 17.8 Å². The van der Waals surface area contributed by atoms with E-state index in [4.69, 9.17) is 11.6 Å². The van der Waals surface area contributed by atoms with Gasteiger partial charge in [0.05, 0.1) is 12.2 Å². The summed E-state index contributed by atoms with van der Waals surface area (Å²) in [5.41, 5.74) is 1.74. The summed E-state index contributed by atoms with van der Waals surface area (Å²) in [4.78, 5) is 0. The third-order valence-electron chi connectivity index (χ3n) is 3.19. The van der Waals surface area contributed by atoms with Crippen molar-refractivity contribution in [3.05, 3.63) is 52.6 Å². The molecule has 0 aliphatic heterocycles. The zero-order chi connectivity index (χ0) is 13.2. The molecule has 1 heterocycles. The second-order valence-electron chi connectivity index (χ2n) is 4.90. The number of benzene rings is 1. The molecule has 1 aliphatic carbocycles. The van der Waals surface area contributed by atoms with E-state index in [-0.39, 0.29) is 5.82 Å². The minimum atomic E-state index is -0.276. The third-order valence-corrected chi connectivity index (χ3v) is 3.55. The summed E-state index contributed by atoms with van der Waals surface area (Å²) in [5, 5.41) is 8.42. The number of hydrogen-bond donors (Lipinski definition) is 1. The van der Waals surface area contributed by atoms with Gasteiger partial charge in [0.2, 0.25) is 0 Å². The van der Waals surface area contributed by atoms with Crippen LogP contribution in [0.5, 0.6) is 0 Å². The maximum absolute atomic E-state index is 13.2. The van der Waals surface area contributed by atoms with Crippen molar-refractivity contribution in [1.82, 2.24) is 15.1 Å². The fraction of sp³-hybridized carbons (Fsp3) is 0.357. The largest absolute Gasteiger partial charge is 0.308 e. The molecule has 5 heteroatoms. The van der Waals surface area contributed by atoms with Gasteiger partial charge in [-0.2, -0.15) is 5.10 Å². The first-order valence-corrected chi connectivity index (χ1v) is 6.78. The standard InChI is InChI=1S/C14H15ClFN3/c15-14-4-1-11(16)7-10(14)9-19-6-5-13(18-19)8-17-12-2-3-12/h1,4-7,12,17H,2-3,8-9H2. The molecule has 0 radical (unpaired) electrons. The Morgan fingerprint density at radius 1 is 1.37 bits per heavy atom. The highest BCUT2D eigenvalue weighted by molar-refractivity contribution is 6.31. The van der Waals surface area contributed by atoms with Crippen LogP contribution in [0, 0.1) is 5.82 Å². The van der Waals surface area contributed by atoms with Crippen LogP contribution in [0.2, 0.25) is 5.02 Å². The monoisotopic (exact) mass is 279 g/mol. The van der Waals surface area contributed by atoms with Gasteiger partial charge >= 0.3 is 0 Å². The van der Waals surface area contributed by atoms with E-state index in [0.29, 0.717) is 17.6 Å². The number of aromatic nitrogens is 2. The molecule has 0 spiro atoms. The Kier molecular flexibility index (Phi) is 3.53. The van der Waals surface area contributed by atoms with Crippen LogP contribution in [-0.4, -0.2) is 15.8 Å². The predicted octanol–water partition coefficient (Wildman–Crippen LogP) is 2.98. The van der Waals surface area contributed by atoms with Gasteiger partial charge in [-0.25, -0.2) is 4.39 Å². The highest BCUT2D eigenvalue weighted by atomic mass is 35.5. The third kappa shape index (κ3) is 3.33. The van der Waals surface area contributed by atoms with Crippen LogP contribution in [0.3, 0.4) is 0 Å². The van der Waals surface area contributed by atoms with E-state index in [1.54, 1.807) is 10.7 Å². The topological polar surface area (TPSA) is 29.9 Å². The lowest BCUT2D eigenvalue weighted by molar-refractivity contribution is 0.612. The number of hydrogen-bond acceptors (Lipinski definition) is 2. The molecule has 1 saturated carbocycles. The Morgan fingerprint density at radius 3 is 3.00 bits per heavy atom. The van der Waals surface area contributed by atoms with Crippen molar-refractivity contribution in [2.24, 2.45) is 0 Å². The van der Waals surface area contributed by atoms with Gasteiger partial charge in [0.1, 0.15) is 5.82 Å². The van der Waals surface area contributed by atoms with Crippen LogP contribution in [0.4, 0.5) is 4.39 Å². The molecule has 1 N–H and O–H groups in total. The van der Waals surface area contributed by atoms with Gasteiger partial charge in [-0.05, 0) is 42.7 Å². The summed E-state index contributed by atoms with van der Waals surface area (Å²) in [6.45, 7) is 1.27. The molecule has 19 heavy (non-hydrogen) atoms. The van der Waals surface area contributed by atoms with Crippen LogP contribution in [0.1, 0.15) is 24.1 Å². The molecule has 1 fully saturated rings. The van der Waals surface area contributed by atoms with Crippen molar-refractivity contribution in [1.29, 1.82) is 0 Å². The first-order valence-electron chi connectivity index (χ1n) is 6.40. The molecule has 0 bridgehead atoms. The summed E-state index contributed by atoms with van der Waals surface area (Å²) in [6.07, 6.45) is 4.42. The van der Waals surface area contributed by atoms with Crippen molar-refractivity contribution < 1.29 is 4.39 Å². The summed E-state index contributed by atoms with van der Waals surface area (Å²) in [7, 11) is 0. The van der Waals surface area contributed by atoms with Gasteiger partial charge in [0, 0.05) is 23.8 Å². The molecule has 2 aromatic rings. The molecule has 0 unspecified atom stereocenters. The van der Waals surface area contributed by atoms with E-state index in [1.807, 2.05) is 12.3 Å². The van der Waals surface area contributed by atoms with E-state index in [1.165, 1.54) is 25.0 Å². The summed E-state index contributed by atoms with van der Waals surface area (Å²) in [5.74, 6) is -0.276. The van der Waals surface area contributed by atoms with Crippen LogP contribution in [-0.2, 0) is 13.1 Å². The average Bonchev–Trinajstić information content (AvgIpc) is 3.12. The van der Waals surface area contributed by atoms with Crippen LogP contribution >= 0.6 is 11.6 Å². The van der Waals surface area contributed by atoms with Gasteiger partial charge in [0.25, 0.3) is 0 Å². The van der Waals surface area contributed by atoms with E-state index in [2.05, 4.69) is 10.4 Å². The molecular formula is C14H15ClFN3. The Balaban J connectivity index is 1.66. The highest BCUT2D eigenvalue weighted by Gasteiger charge is 2.20. The number of nitrogens with one attached hydrogen (secondary N) is 1. The maximum atomic E-state index is 13.2. The molecule has 1 aromatic heterocycles. The molecule has 1 aliphatic rings. The Bertz CT molecular complexity index is 578. The molecule has 0 amide bonds. The fourth-order valence-electron chi connectivity index (χ4n) is 1.96. The zero-order valence-corrected chi connectivity index (χ0v) is 11.2. The normalized spacial score (nSPS) is 14.8. The van der Waals surface area contributed by atoms with Crippen molar-refractivity contribution >= 4 is 11.6 Å². The first-order chi connectivity index (χ1) is 9.20. The van der Waals surface area contributed by atoms with E-state index in [9.17, 15) is 4.39 Å². The van der Waals surface area contributed by atoms with E-state index < -0.39 is 0 Å². The molecule has 0 atom stereocenters. The van der Waals surface area contributed by atoms with Gasteiger partial charge < -0.3 is 5.32 Å². The Morgan fingerprint density at radius 2 is 2.21 bits per heavy atom. The zero-order valence-electron chi connectivity index (χ0n) is 10.4. The van der Waals surface area contributed by atoms with Crippen molar-refractivity contribution in [3.8, 4) is 0 Å². The summed E-state index contributed by atoms with van der Waals surface area (Å²) >= 11 is 6.04.